The maximum Gasteiger partial charge on any atom is 0.0458 e. The number of nitrogens with zero attached hydrogens (tertiary/aromatic N) is 1. The zero-order valence-corrected chi connectivity index (χ0v) is 29.5. The first-order chi connectivity index (χ1) is 23.7. The van der Waals surface area contributed by atoms with Crippen LogP contribution in [0.15, 0.2) is 158 Å². The second-order valence-corrected chi connectivity index (χ2v) is 13.2. The predicted molar refractivity (Wildman–Crippen MR) is 212 cm³/mol. The molecule has 1 nitrogen and oxygen atoms in total. The fourth-order valence-electron chi connectivity index (χ4n) is 6.06. The Morgan fingerprint density at radius 2 is 0.878 bits per heavy atom. The van der Waals surface area contributed by atoms with Crippen molar-refractivity contribution in [2.24, 2.45) is 0 Å². The third-order valence-electron chi connectivity index (χ3n) is 9.06. The van der Waals surface area contributed by atoms with Gasteiger partial charge in [-0.3, -0.25) is 0 Å². The van der Waals surface area contributed by atoms with Crippen LogP contribution in [0, 0.1) is 41.5 Å². The highest BCUT2D eigenvalue weighted by Crippen LogP contribution is 2.34. The van der Waals surface area contributed by atoms with Gasteiger partial charge in [-0.1, -0.05) is 156 Å². The van der Waals surface area contributed by atoms with Crippen molar-refractivity contribution in [1.82, 2.24) is 0 Å². The number of rotatable bonds is 9. The zero-order chi connectivity index (χ0) is 34.3. The van der Waals surface area contributed by atoms with Crippen LogP contribution < -0.4 is 4.90 Å². The van der Waals surface area contributed by atoms with Crippen molar-refractivity contribution in [3.8, 4) is 0 Å². The van der Waals surface area contributed by atoms with Crippen LogP contribution in [0.25, 0.3) is 17.2 Å². The average molecular weight is 636 g/mol. The molecule has 1 heteroatoms. The van der Waals surface area contributed by atoms with Crippen molar-refractivity contribution in [1.29, 1.82) is 0 Å². The largest absolute Gasteiger partial charge is 0.317 e. The highest BCUT2D eigenvalue weighted by molar-refractivity contribution is 5.85. The van der Waals surface area contributed by atoms with Crippen LogP contribution in [0.3, 0.4) is 0 Å². The minimum absolute atomic E-state index is 1.12. The molecule has 0 saturated carbocycles. The fourth-order valence-corrected chi connectivity index (χ4v) is 6.06. The molecule has 0 radical (unpaired) electrons. The molecule has 0 amide bonds. The average Bonchev–Trinajstić information content (AvgIpc) is 3.10. The van der Waals surface area contributed by atoms with Crippen molar-refractivity contribution < 1.29 is 0 Å². The molecular weight excluding hydrogens is 591 g/mol. The molecule has 0 aliphatic rings. The summed E-state index contributed by atoms with van der Waals surface area (Å²) in [4.78, 5) is 2.33. The van der Waals surface area contributed by atoms with Gasteiger partial charge in [-0.2, -0.15) is 0 Å². The molecule has 0 N–H and O–H groups in total. The molecule has 0 fully saturated rings. The molecule has 0 bridgehead atoms. The number of hydrogen-bond donors (Lipinski definition) is 0. The third-order valence-corrected chi connectivity index (χ3v) is 9.06. The van der Waals surface area contributed by atoms with E-state index >= 15 is 0 Å². The zero-order valence-electron chi connectivity index (χ0n) is 29.5. The van der Waals surface area contributed by atoms with Crippen molar-refractivity contribution in [3.63, 3.8) is 0 Å². The first-order valence-corrected chi connectivity index (χ1v) is 17.1. The molecule has 6 aromatic carbocycles. The van der Waals surface area contributed by atoms with E-state index in [1.54, 1.807) is 0 Å². The molecule has 242 valence electrons. The van der Waals surface area contributed by atoms with Gasteiger partial charge in [0, 0.05) is 23.1 Å². The Kier molecular flexibility index (Phi) is 10.2. The van der Waals surface area contributed by atoms with E-state index in [9.17, 15) is 0 Å². The number of benzene rings is 6. The molecule has 0 heterocycles. The summed E-state index contributed by atoms with van der Waals surface area (Å²) >= 11 is 0. The van der Waals surface area contributed by atoms with E-state index in [2.05, 4.69) is 210 Å². The number of allylic oxidation sites excluding steroid dienone is 2. The van der Waals surface area contributed by atoms with E-state index in [1.165, 1.54) is 72.3 Å². The van der Waals surface area contributed by atoms with Gasteiger partial charge in [0.2, 0.25) is 0 Å². The van der Waals surface area contributed by atoms with Crippen LogP contribution in [-0.4, -0.2) is 0 Å². The second-order valence-electron chi connectivity index (χ2n) is 13.2. The molecule has 6 aromatic rings. The Balaban J connectivity index is 1.40. The van der Waals surface area contributed by atoms with Crippen molar-refractivity contribution in [2.45, 2.75) is 41.5 Å². The maximum atomic E-state index is 2.33. The SMILES string of the molecule is Cc1ccc(C(=CC=Cc2ccc(N(C=C(c3ccc(C)cc3)c3ccc(C)cc3)c3cccc(C)c3)cc2C)c2ccc(C)cc2)cc1. The minimum atomic E-state index is 1.12. The minimum Gasteiger partial charge on any atom is -0.317 e. The monoisotopic (exact) mass is 635 g/mol. The topological polar surface area (TPSA) is 3.24 Å². The van der Waals surface area contributed by atoms with Gasteiger partial charge in [0.15, 0.2) is 0 Å². The normalized spacial score (nSPS) is 11.0. The quantitative estimate of drug-likeness (QED) is 0.143. The summed E-state index contributed by atoms with van der Waals surface area (Å²) in [5.74, 6) is 0. The lowest BCUT2D eigenvalue weighted by atomic mass is 9.95. The van der Waals surface area contributed by atoms with Crippen LogP contribution in [0.4, 0.5) is 11.4 Å². The van der Waals surface area contributed by atoms with Gasteiger partial charge in [0.05, 0.1) is 0 Å². The molecule has 0 aliphatic heterocycles. The lowest BCUT2D eigenvalue weighted by Gasteiger charge is -2.24. The van der Waals surface area contributed by atoms with Gasteiger partial charge in [-0.15, -0.1) is 0 Å². The number of hydrogen-bond acceptors (Lipinski definition) is 1. The first kappa shape index (κ1) is 33.2. The summed E-state index contributed by atoms with van der Waals surface area (Å²) in [6, 6.07) is 50.7. The standard InChI is InChI=1S/C48H45N/c1-34-13-21-41(22-14-34)47(42-23-15-35(2)16-24-42)12-8-10-40-29-30-46(32-39(40)6)49(45-11-7-9-38(5)31-45)33-48(43-25-17-36(3)18-26-43)44-27-19-37(4)20-28-44/h7-33H,1-6H3. The van der Waals surface area contributed by atoms with Gasteiger partial charge in [-0.25, -0.2) is 0 Å². The highest BCUT2D eigenvalue weighted by atomic mass is 15.1. The third kappa shape index (κ3) is 8.26. The van der Waals surface area contributed by atoms with Crippen molar-refractivity contribution in [2.75, 3.05) is 4.90 Å². The summed E-state index contributed by atoms with van der Waals surface area (Å²) in [5, 5.41) is 0. The Morgan fingerprint density at radius 3 is 1.33 bits per heavy atom. The predicted octanol–water partition coefficient (Wildman–Crippen LogP) is 12.9. The Morgan fingerprint density at radius 1 is 0.429 bits per heavy atom. The Labute approximate surface area is 293 Å². The molecule has 0 atom stereocenters. The smallest absolute Gasteiger partial charge is 0.0458 e. The number of aryl methyl sites for hydroxylation is 6. The van der Waals surface area contributed by atoms with E-state index in [4.69, 9.17) is 0 Å². The van der Waals surface area contributed by atoms with Gasteiger partial charge < -0.3 is 4.90 Å². The molecule has 0 saturated heterocycles. The van der Waals surface area contributed by atoms with Crippen LogP contribution in [0.2, 0.25) is 0 Å². The fraction of sp³-hybridized carbons (Fsp3) is 0.125. The van der Waals surface area contributed by atoms with Crippen molar-refractivity contribution >= 4 is 28.6 Å². The van der Waals surface area contributed by atoms with Crippen LogP contribution in [0.1, 0.15) is 61.2 Å². The lowest BCUT2D eigenvalue weighted by Crippen LogP contribution is -2.11. The van der Waals surface area contributed by atoms with Gasteiger partial charge >= 0.3 is 0 Å². The molecule has 0 aliphatic carbocycles. The summed E-state index contributed by atoms with van der Waals surface area (Å²) in [6.45, 7) is 12.9. The summed E-state index contributed by atoms with van der Waals surface area (Å²) < 4.78 is 0. The molecule has 6 rings (SSSR count). The highest BCUT2D eigenvalue weighted by Gasteiger charge is 2.14. The number of anilines is 2. The summed E-state index contributed by atoms with van der Waals surface area (Å²) in [5.41, 5.74) is 18.1. The van der Waals surface area contributed by atoms with Gasteiger partial charge in [0.25, 0.3) is 0 Å². The van der Waals surface area contributed by atoms with Gasteiger partial charge in [-0.05, 0) is 110 Å². The van der Waals surface area contributed by atoms with E-state index in [0.717, 1.165) is 11.4 Å². The Hall–Kier alpha value is -5.66. The molecule has 0 aromatic heterocycles. The first-order valence-electron chi connectivity index (χ1n) is 17.1. The lowest BCUT2D eigenvalue weighted by molar-refractivity contribution is 1.25. The van der Waals surface area contributed by atoms with Crippen LogP contribution in [0.5, 0.6) is 0 Å². The van der Waals surface area contributed by atoms with Crippen LogP contribution >= 0.6 is 0 Å². The Bertz CT molecular complexity index is 2030. The molecule has 49 heavy (non-hydrogen) atoms. The van der Waals surface area contributed by atoms with E-state index in [1.807, 2.05) is 0 Å². The summed E-state index contributed by atoms with van der Waals surface area (Å²) in [7, 11) is 0. The molecular formula is C48H45N. The summed E-state index contributed by atoms with van der Waals surface area (Å²) in [6.07, 6.45) is 8.94. The van der Waals surface area contributed by atoms with E-state index in [-0.39, 0.29) is 0 Å². The van der Waals surface area contributed by atoms with Crippen LogP contribution in [-0.2, 0) is 0 Å². The molecule has 0 spiro atoms. The molecule has 0 unspecified atom stereocenters. The van der Waals surface area contributed by atoms with Gasteiger partial charge in [0.1, 0.15) is 0 Å². The van der Waals surface area contributed by atoms with E-state index < -0.39 is 0 Å². The maximum absolute atomic E-state index is 2.33. The second kappa shape index (κ2) is 15.0. The van der Waals surface area contributed by atoms with Crippen molar-refractivity contribution in [3.05, 3.63) is 219 Å². The van der Waals surface area contributed by atoms with E-state index in [0.29, 0.717) is 0 Å².